The van der Waals surface area contributed by atoms with Gasteiger partial charge in [0.2, 0.25) is 5.91 Å². The van der Waals surface area contributed by atoms with Crippen molar-refractivity contribution >= 4 is 34.5 Å². The Bertz CT molecular complexity index is 1020. The second-order valence-corrected chi connectivity index (χ2v) is 7.76. The molecule has 29 heavy (non-hydrogen) atoms. The van der Waals surface area contributed by atoms with E-state index < -0.39 is 11.6 Å². The third kappa shape index (κ3) is 4.01. The van der Waals surface area contributed by atoms with Crippen molar-refractivity contribution in [3.63, 3.8) is 0 Å². The topological polar surface area (TPSA) is 104 Å². The van der Waals surface area contributed by atoms with Crippen LogP contribution in [0.2, 0.25) is 0 Å². The van der Waals surface area contributed by atoms with Crippen LogP contribution < -0.4 is 10.7 Å². The predicted octanol–water partition coefficient (Wildman–Crippen LogP) is 2.86. The molecule has 2 N–H and O–H groups in total. The van der Waals surface area contributed by atoms with Crippen LogP contribution in [0.4, 0.5) is 4.79 Å². The van der Waals surface area contributed by atoms with Crippen LogP contribution in [0, 0.1) is 6.92 Å². The highest BCUT2D eigenvalue weighted by Crippen LogP contribution is 2.28. The van der Waals surface area contributed by atoms with E-state index in [2.05, 4.69) is 21.9 Å². The smallest absolute Gasteiger partial charge is 0.325 e. The Kier molecular flexibility index (Phi) is 5.46. The molecule has 2 heterocycles. The fourth-order valence-electron chi connectivity index (χ4n) is 3.39. The van der Waals surface area contributed by atoms with E-state index in [9.17, 15) is 14.4 Å². The van der Waals surface area contributed by atoms with Crippen molar-refractivity contribution in [2.45, 2.75) is 53.0 Å². The number of hydrogen-bond donors (Lipinski definition) is 2. The number of nitrogens with zero attached hydrogens (tertiary/aromatic N) is 2. The first-order valence-electron chi connectivity index (χ1n) is 9.63. The third-order valence-corrected chi connectivity index (χ3v) is 4.98. The fraction of sp³-hybridized carbons (Fsp3) is 0.429. The summed E-state index contributed by atoms with van der Waals surface area (Å²) < 4.78 is 5.94. The number of urea groups is 1. The molecule has 1 aromatic heterocycles. The zero-order valence-electron chi connectivity index (χ0n) is 17.4. The summed E-state index contributed by atoms with van der Waals surface area (Å²) in [5, 5.41) is 7.78. The molecule has 0 radical (unpaired) electrons. The number of amides is 4. The van der Waals surface area contributed by atoms with Gasteiger partial charge >= 0.3 is 6.03 Å². The highest BCUT2D eigenvalue weighted by atomic mass is 16.3. The summed E-state index contributed by atoms with van der Waals surface area (Å²) in [5.74, 6) is -0.0935. The number of aryl methyl sites for hydroxylation is 2. The second kappa shape index (κ2) is 7.69. The lowest BCUT2D eigenvalue weighted by molar-refractivity contribution is -0.130. The monoisotopic (exact) mass is 398 g/mol. The Morgan fingerprint density at radius 1 is 1.31 bits per heavy atom. The zero-order chi connectivity index (χ0) is 21.3. The number of furan rings is 1. The van der Waals surface area contributed by atoms with Crippen LogP contribution in [-0.2, 0) is 16.0 Å². The number of fused-ring (bicyclic) bond motifs is 1. The molecule has 0 atom stereocenters. The van der Waals surface area contributed by atoms with E-state index in [1.807, 2.05) is 26.0 Å². The molecule has 4 amide bonds. The fourth-order valence-corrected chi connectivity index (χ4v) is 3.39. The molecule has 8 heteroatoms. The van der Waals surface area contributed by atoms with Crippen molar-refractivity contribution in [2.75, 3.05) is 6.54 Å². The number of imide groups is 1. The van der Waals surface area contributed by atoms with E-state index in [1.54, 1.807) is 20.8 Å². The van der Waals surface area contributed by atoms with E-state index in [0.717, 1.165) is 33.4 Å². The maximum absolute atomic E-state index is 12.2. The largest absolute Gasteiger partial charge is 0.454 e. The summed E-state index contributed by atoms with van der Waals surface area (Å²) in [6, 6.07) is 5.50. The molecule has 0 saturated carbocycles. The number of carbonyl (C=O) groups is 3. The van der Waals surface area contributed by atoms with Crippen LogP contribution in [0.3, 0.4) is 0 Å². The van der Waals surface area contributed by atoms with Gasteiger partial charge in [-0.3, -0.25) is 14.5 Å². The van der Waals surface area contributed by atoms with Crippen LogP contribution in [0.1, 0.15) is 51.0 Å². The van der Waals surface area contributed by atoms with Gasteiger partial charge in [0.1, 0.15) is 16.8 Å². The first kappa shape index (κ1) is 20.6. The van der Waals surface area contributed by atoms with Crippen LogP contribution >= 0.6 is 0 Å². The maximum atomic E-state index is 12.2. The van der Waals surface area contributed by atoms with Crippen molar-refractivity contribution < 1.29 is 18.8 Å². The summed E-state index contributed by atoms with van der Waals surface area (Å²) in [6.07, 6.45) is 0.737. The Labute approximate surface area is 169 Å². The summed E-state index contributed by atoms with van der Waals surface area (Å²) in [6.45, 7) is 9.09. The first-order chi connectivity index (χ1) is 13.6. The highest BCUT2D eigenvalue weighted by Gasteiger charge is 2.43. The van der Waals surface area contributed by atoms with E-state index in [-0.39, 0.29) is 24.8 Å². The van der Waals surface area contributed by atoms with Gasteiger partial charge < -0.3 is 9.73 Å². The SMILES string of the molecule is CCc1c(/C(C)=N\NC(=O)CCN2C(=O)NC(C)(C)C2=O)oc2ccc(C)cc12. The summed E-state index contributed by atoms with van der Waals surface area (Å²) in [7, 11) is 0. The number of rotatable bonds is 6. The van der Waals surface area contributed by atoms with Gasteiger partial charge in [-0.25, -0.2) is 10.2 Å². The van der Waals surface area contributed by atoms with Gasteiger partial charge in [0.25, 0.3) is 5.91 Å². The molecule has 3 rings (SSSR count). The predicted molar refractivity (Wildman–Crippen MR) is 110 cm³/mol. The first-order valence-corrected chi connectivity index (χ1v) is 9.63. The van der Waals surface area contributed by atoms with E-state index in [0.29, 0.717) is 11.5 Å². The van der Waals surface area contributed by atoms with Gasteiger partial charge in [-0.15, -0.1) is 0 Å². The van der Waals surface area contributed by atoms with Crippen LogP contribution in [-0.4, -0.2) is 40.5 Å². The molecule has 2 aromatic rings. The van der Waals surface area contributed by atoms with Crippen LogP contribution in [0.15, 0.2) is 27.7 Å². The van der Waals surface area contributed by atoms with Crippen molar-refractivity contribution in [3.8, 4) is 0 Å². The Morgan fingerprint density at radius 3 is 2.66 bits per heavy atom. The van der Waals surface area contributed by atoms with Gasteiger partial charge in [0.15, 0.2) is 5.76 Å². The van der Waals surface area contributed by atoms with Crippen LogP contribution in [0.25, 0.3) is 11.0 Å². The Morgan fingerprint density at radius 2 is 2.03 bits per heavy atom. The van der Waals surface area contributed by atoms with E-state index in [1.165, 1.54) is 0 Å². The standard InChI is InChI=1S/C21H26N4O4/c1-6-14-15-11-12(2)7-8-16(15)29-18(14)13(3)23-24-17(26)9-10-25-19(27)21(4,5)22-20(25)28/h7-8,11H,6,9-10H2,1-5H3,(H,22,28)(H,24,26)/b23-13-. The summed E-state index contributed by atoms with van der Waals surface area (Å²) in [4.78, 5) is 37.2. The molecule has 1 fully saturated rings. The van der Waals surface area contributed by atoms with Crippen LogP contribution in [0.5, 0.6) is 0 Å². The van der Waals surface area contributed by atoms with Crippen molar-refractivity contribution in [2.24, 2.45) is 5.10 Å². The lowest BCUT2D eigenvalue weighted by atomic mass is 10.0. The molecular weight excluding hydrogens is 372 g/mol. The number of hydrazone groups is 1. The van der Waals surface area contributed by atoms with E-state index in [4.69, 9.17) is 4.42 Å². The minimum atomic E-state index is -0.946. The Hall–Kier alpha value is -3.16. The third-order valence-electron chi connectivity index (χ3n) is 4.98. The molecule has 1 aromatic carbocycles. The summed E-state index contributed by atoms with van der Waals surface area (Å²) in [5.41, 5.74) is 5.06. The molecule has 8 nitrogen and oxygen atoms in total. The average molecular weight is 398 g/mol. The van der Waals surface area contributed by atoms with Crippen molar-refractivity contribution in [1.82, 2.24) is 15.6 Å². The van der Waals surface area contributed by atoms with E-state index >= 15 is 0 Å². The molecule has 1 aliphatic rings. The molecule has 1 saturated heterocycles. The number of benzene rings is 1. The molecule has 0 aliphatic carbocycles. The quantitative estimate of drug-likeness (QED) is 0.443. The van der Waals surface area contributed by atoms with Gasteiger partial charge in [-0.05, 0) is 46.2 Å². The number of hydrogen-bond acceptors (Lipinski definition) is 5. The average Bonchev–Trinajstić information content (AvgIpc) is 3.11. The lowest BCUT2D eigenvalue weighted by Gasteiger charge is -2.15. The van der Waals surface area contributed by atoms with Gasteiger partial charge in [-0.1, -0.05) is 18.6 Å². The molecule has 0 unspecified atom stereocenters. The second-order valence-electron chi connectivity index (χ2n) is 7.76. The zero-order valence-corrected chi connectivity index (χ0v) is 17.4. The molecule has 1 aliphatic heterocycles. The molecule has 154 valence electrons. The molecule has 0 bridgehead atoms. The lowest BCUT2D eigenvalue weighted by Crippen LogP contribution is -2.40. The highest BCUT2D eigenvalue weighted by molar-refractivity contribution is 6.06. The maximum Gasteiger partial charge on any atom is 0.325 e. The van der Waals surface area contributed by atoms with Crippen molar-refractivity contribution in [1.29, 1.82) is 0 Å². The summed E-state index contributed by atoms with van der Waals surface area (Å²) >= 11 is 0. The van der Waals surface area contributed by atoms with Gasteiger partial charge in [0.05, 0.1) is 0 Å². The van der Waals surface area contributed by atoms with Gasteiger partial charge in [-0.2, -0.15) is 5.10 Å². The minimum absolute atomic E-state index is 0.00137. The van der Waals surface area contributed by atoms with Gasteiger partial charge in [0, 0.05) is 23.9 Å². The molecular formula is C21H26N4O4. The minimum Gasteiger partial charge on any atom is -0.454 e. The number of carbonyl (C=O) groups excluding carboxylic acids is 3. The normalized spacial score (nSPS) is 16.4. The molecule has 0 spiro atoms. The number of nitrogens with one attached hydrogen (secondary N) is 2. The Balaban J connectivity index is 1.67. The van der Waals surface area contributed by atoms with Crippen molar-refractivity contribution in [3.05, 3.63) is 35.1 Å².